The number of hydrogen-bond acceptors (Lipinski definition) is 2. The van der Waals surface area contributed by atoms with Gasteiger partial charge in [0.25, 0.3) is 0 Å². The number of likely N-dealkylation sites (tertiary alicyclic amines) is 1. The third kappa shape index (κ3) is 5.02. The SMILES string of the molecule is COCCCC1CCN(C(=O)N[C@@H](C)c2ccccc2)CC1. The number of nitrogens with one attached hydrogen (secondary N) is 1. The molecule has 1 heterocycles. The van der Waals surface area contributed by atoms with Gasteiger partial charge in [0, 0.05) is 26.8 Å². The van der Waals surface area contributed by atoms with Gasteiger partial charge in [-0.25, -0.2) is 4.79 Å². The zero-order valence-electron chi connectivity index (χ0n) is 13.8. The molecule has 2 rings (SSSR count). The molecule has 0 radical (unpaired) electrons. The lowest BCUT2D eigenvalue weighted by Gasteiger charge is -2.33. The largest absolute Gasteiger partial charge is 0.385 e. The second-order valence-electron chi connectivity index (χ2n) is 6.15. The number of amides is 2. The van der Waals surface area contributed by atoms with Crippen LogP contribution in [0.15, 0.2) is 30.3 Å². The normalized spacial score (nSPS) is 17.3. The first-order valence-corrected chi connectivity index (χ1v) is 8.30. The molecule has 0 bridgehead atoms. The number of hydrogen-bond donors (Lipinski definition) is 1. The van der Waals surface area contributed by atoms with E-state index in [0.717, 1.165) is 50.4 Å². The second-order valence-corrected chi connectivity index (χ2v) is 6.15. The molecule has 4 nitrogen and oxygen atoms in total. The lowest BCUT2D eigenvalue weighted by molar-refractivity contribution is 0.153. The summed E-state index contributed by atoms with van der Waals surface area (Å²) < 4.78 is 5.10. The molecule has 0 unspecified atom stereocenters. The molecule has 0 saturated carbocycles. The van der Waals surface area contributed by atoms with Crippen LogP contribution in [0.3, 0.4) is 0 Å². The van der Waals surface area contributed by atoms with Gasteiger partial charge in [0.05, 0.1) is 6.04 Å². The van der Waals surface area contributed by atoms with Crippen molar-refractivity contribution in [1.29, 1.82) is 0 Å². The summed E-state index contributed by atoms with van der Waals surface area (Å²) in [6.45, 7) is 4.61. The van der Waals surface area contributed by atoms with Gasteiger partial charge in [-0.1, -0.05) is 30.3 Å². The first kappa shape index (κ1) is 16.8. The molecule has 1 atom stereocenters. The summed E-state index contributed by atoms with van der Waals surface area (Å²) in [7, 11) is 1.75. The zero-order valence-corrected chi connectivity index (χ0v) is 13.8. The van der Waals surface area contributed by atoms with Crippen LogP contribution < -0.4 is 5.32 Å². The van der Waals surface area contributed by atoms with E-state index in [1.165, 1.54) is 6.42 Å². The van der Waals surface area contributed by atoms with Gasteiger partial charge in [-0.05, 0) is 44.1 Å². The van der Waals surface area contributed by atoms with E-state index in [4.69, 9.17) is 4.74 Å². The number of piperidine rings is 1. The van der Waals surface area contributed by atoms with E-state index >= 15 is 0 Å². The molecule has 122 valence electrons. The van der Waals surface area contributed by atoms with Crippen LogP contribution in [0.2, 0.25) is 0 Å². The highest BCUT2D eigenvalue weighted by molar-refractivity contribution is 5.74. The van der Waals surface area contributed by atoms with Gasteiger partial charge < -0.3 is 15.0 Å². The van der Waals surface area contributed by atoms with Crippen molar-refractivity contribution < 1.29 is 9.53 Å². The molecular formula is C18H28N2O2. The van der Waals surface area contributed by atoms with E-state index < -0.39 is 0 Å². The number of urea groups is 1. The molecule has 1 N–H and O–H groups in total. The van der Waals surface area contributed by atoms with E-state index in [0.29, 0.717) is 0 Å². The molecule has 1 aliphatic heterocycles. The zero-order chi connectivity index (χ0) is 15.8. The monoisotopic (exact) mass is 304 g/mol. The molecule has 1 aromatic carbocycles. The molecule has 0 aromatic heterocycles. The van der Waals surface area contributed by atoms with Crippen LogP contribution in [0.4, 0.5) is 4.79 Å². The lowest BCUT2D eigenvalue weighted by Crippen LogP contribution is -2.45. The minimum absolute atomic E-state index is 0.0492. The average Bonchev–Trinajstić information content (AvgIpc) is 2.56. The van der Waals surface area contributed by atoms with E-state index in [2.05, 4.69) is 5.32 Å². The first-order valence-electron chi connectivity index (χ1n) is 8.30. The van der Waals surface area contributed by atoms with Crippen molar-refractivity contribution in [1.82, 2.24) is 10.2 Å². The van der Waals surface area contributed by atoms with Crippen LogP contribution in [0, 0.1) is 5.92 Å². The number of carbonyl (C=O) groups excluding carboxylic acids is 1. The Bertz CT molecular complexity index is 442. The van der Waals surface area contributed by atoms with Crippen LogP contribution >= 0.6 is 0 Å². The predicted octanol–water partition coefficient (Wildman–Crippen LogP) is 3.60. The van der Waals surface area contributed by atoms with Crippen LogP contribution in [-0.2, 0) is 4.74 Å². The number of benzene rings is 1. The summed E-state index contributed by atoms with van der Waals surface area (Å²) in [5, 5.41) is 3.10. The van der Waals surface area contributed by atoms with Gasteiger partial charge in [-0.15, -0.1) is 0 Å². The molecule has 1 aliphatic rings. The molecule has 4 heteroatoms. The maximum absolute atomic E-state index is 12.3. The summed E-state index contributed by atoms with van der Waals surface area (Å²) >= 11 is 0. The van der Waals surface area contributed by atoms with Gasteiger partial charge in [0.1, 0.15) is 0 Å². The van der Waals surface area contributed by atoms with Crippen LogP contribution in [0.1, 0.15) is 44.2 Å². The Morgan fingerprint density at radius 2 is 2.00 bits per heavy atom. The molecule has 22 heavy (non-hydrogen) atoms. The standard InChI is InChI=1S/C18H28N2O2/c1-15(17-8-4-3-5-9-17)19-18(21)20-12-10-16(11-13-20)7-6-14-22-2/h3-5,8-9,15-16H,6-7,10-14H2,1-2H3,(H,19,21)/t15-/m0/s1. The molecule has 1 fully saturated rings. The predicted molar refractivity (Wildman–Crippen MR) is 88.8 cm³/mol. The van der Waals surface area contributed by atoms with Crippen molar-refractivity contribution in [2.24, 2.45) is 5.92 Å². The Hall–Kier alpha value is -1.55. The topological polar surface area (TPSA) is 41.6 Å². The Morgan fingerprint density at radius 1 is 1.32 bits per heavy atom. The number of carbonyl (C=O) groups is 1. The summed E-state index contributed by atoms with van der Waals surface area (Å²) in [4.78, 5) is 14.3. The lowest BCUT2D eigenvalue weighted by atomic mass is 9.92. The number of rotatable bonds is 6. The summed E-state index contributed by atoms with van der Waals surface area (Å²) in [5.74, 6) is 0.741. The highest BCUT2D eigenvalue weighted by atomic mass is 16.5. The van der Waals surface area contributed by atoms with Gasteiger partial charge in [-0.2, -0.15) is 0 Å². The molecular weight excluding hydrogens is 276 g/mol. The molecule has 2 amide bonds. The highest BCUT2D eigenvalue weighted by Gasteiger charge is 2.23. The Kier molecular flexibility index (Phi) is 6.72. The van der Waals surface area contributed by atoms with Crippen LogP contribution in [0.25, 0.3) is 0 Å². The fraction of sp³-hybridized carbons (Fsp3) is 0.611. The second kappa shape index (κ2) is 8.79. The Balaban J connectivity index is 1.73. The molecule has 1 saturated heterocycles. The van der Waals surface area contributed by atoms with Crippen molar-refractivity contribution in [3.8, 4) is 0 Å². The van der Waals surface area contributed by atoms with Gasteiger partial charge in [0.15, 0.2) is 0 Å². The first-order chi connectivity index (χ1) is 10.7. The third-order valence-electron chi connectivity index (χ3n) is 4.50. The minimum Gasteiger partial charge on any atom is -0.385 e. The molecule has 0 spiro atoms. The van der Waals surface area contributed by atoms with Crippen LogP contribution in [0.5, 0.6) is 0 Å². The van der Waals surface area contributed by atoms with E-state index in [1.54, 1.807) is 7.11 Å². The van der Waals surface area contributed by atoms with Crippen molar-refractivity contribution in [2.75, 3.05) is 26.8 Å². The maximum atomic E-state index is 12.3. The van der Waals surface area contributed by atoms with Crippen molar-refractivity contribution in [2.45, 2.75) is 38.6 Å². The highest BCUT2D eigenvalue weighted by Crippen LogP contribution is 2.22. The Morgan fingerprint density at radius 3 is 2.64 bits per heavy atom. The van der Waals surface area contributed by atoms with E-state index in [9.17, 15) is 4.79 Å². The number of ether oxygens (including phenoxy) is 1. The molecule has 1 aromatic rings. The van der Waals surface area contributed by atoms with Gasteiger partial charge in [-0.3, -0.25) is 0 Å². The van der Waals surface area contributed by atoms with E-state index in [-0.39, 0.29) is 12.1 Å². The van der Waals surface area contributed by atoms with Crippen molar-refractivity contribution >= 4 is 6.03 Å². The summed E-state index contributed by atoms with van der Waals surface area (Å²) in [6.07, 6.45) is 4.55. The average molecular weight is 304 g/mol. The number of nitrogens with zero attached hydrogens (tertiary/aromatic N) is 1. The van der Waals surface area contributed by atoms with Gasteiger partial charge >= 0.3 is 6.03 Å². The summed E-state index contributed by atoms with van der Waals surface area (Å²) in [6, 6.07) is 10.2. The van der Waals surface area contributed by atoms with Crippen molar-refractivity contribution in [3.63, 3.8) is 0 Å². The Labute approximate surface area is 133 Å². The van der Waals surface area contributed by atoms with Crippen LogP contribution in [-0.4, -0.2) is 37.7 Å². The summed E-state index contributed by atoms with van der Waals surface area (Å²) in [5.41, 5.74) is 1.14. The third-order valence-corrected chi connectivity index (χ3v) is 4.50. The van der Waals surface area contributed by atoms with Crippen molar-refractivity contribution in [3.05, 3.63) is 35.9 Å². The quantitative estimate of drug-likeness (QED) is 0.816. The molecule has 0 aliphatic carbocycles. The van der Waals surface area contributed by atoms with E-state index in [1.807, 2.05) is 42.2 Å². The fourth-order valence-electron chi connectivity index (χ4n) is 3.04. The maximum Gasteiger partial charge on any atom is 0.317 e. The smallest absolute Gasteiger partial charge is 0.317 e. The van der Waals surface area contributed by atoms with Gasteiger partial charge in [0.2, 0.25) is 0 Å². The number of methoxy groups -OCH3 is 1. The minimum atomic E-state index is 0.0492. The fourth-order valence-corrected chi connectivity index (χ4v) is 3.04.